The molecular weight excluding hydrogens is 276 g/mol. The number of likely N-dealkylation sites (N-methyl/N-ethyl adjacent to an activating group) is 1. The summed E-state index contributed by atoms with van der Waals surface area (Å²) in [4.78, 5) is 2.39. The van der Waals surface area contributed by atoms with E-state index < -0.39 is 0 Å². The van der Waals surface area contributed by atoms with Crippen LogP contribution in [-0.2, 0) is 6.42 Å². The molecule has 0 saturated heterocycles. The van der Waals surface area contributed by atoms with Crippen LogP contribution in [-0.4, -0.2) is 30.6 Å². The summed E-state index contributed by atoms with van der Waals surface area (Å²) in [6.07, 6.45) is 2.09. The maximum absolute atomic E-state index is 5.65. The van der Waals surface area contributed by atoms with Crippen LogP contribution in [0.1, 0.15) is 25.8 Å². The van der Waals surface area contributed by atoms with E-state index in [9.17, 15) is 0 Å². The first-order valence-corrected chi connectivity index (χ1v) is 6.91. The van der Waals surface area contributed by atoms with E-state index in [2.05, 4.69) is 66.0 Å². The Morgan fingerprint density at radius 2 is 1.94 bits per heavy atom. The Morgan fingerprint density at radius 3 is 2.53 bits per heavy atom. The van der Waals surface area contributed by atoms with Crippen LogP contribution < -0.4 is 5.73 Å². The van der Waals surface area contributed by atoms with Crippen molar-refractivity contribution in [3.05, 3.63) is 34.3 Å². The van der Waals surface area contributed by atoms with Crippen LogP contribution in [0.25, 0.3) is 0 Å². The summed E-state index contributed by atoms with van der Waals surface area (Å²) in [5, 5.41) is 0. The zero-order valence-electron chi connectivity index (χ0n) is 11.0. The molecule has 0 atom stereocenters. The molecule has 0 aliphatic heterocycles. The van der Waals surface area contributed by atoms with Gasteiger partial charge in [0.25, 0.3) is 0 Å². The Bertz CT molecular complexity index is 350. The summed E-state index contributed by atoms with van der Waals surface area (Å²) < 4.78 is 1.20. The van der Waals surface area contributed by atoms with Crippen molar-refractivity contribution in [2.24, 2.45) is 5.73 Å². The Hall–Kier alpha value is -0.380. The zero-order valence-corrected chi connectivity index (χ0v) is 12.6. The van der Waals surface area contributed by atoms with Gasteiger partial charge in [0.05, 0.1) is 0 Å². The van der Waals surface area contributed by atoms with Gasteiger partial charge in [0, 0.05) is 16.6 Å². The molecule has 1 aromatic rings. The van der Waals surface area contributed by atoms with Crippen LogP contribution in [0.15, 0.2) is 28.7 Å². The van der Waals surface area contributed by atoms with Gasteiger partial charge >= 0.3 is 0 Å². The second-order valence-electron chi connectivity index (χ2n) is 5.11. The number of rotatable bonds is 6. The third kappa shape index (κ3) is 4.41. The van der Waals surface area contributed by atoms with Crippen LogP contribution >= 0.6 is 15.9 Å². The first kappa shape index (κ1) is 14.7. The molecule has 17 heavy (non-hydrogen) atoms. The van der Waals surface area contributed by atoms with Crippen molar-refractivity contribution in [3.63, 3.8) is 0 Å². The number of hydrogen-bond donors (Lipinski definition) is 1. The van der Waals surface area contributed by atoms with Crippen molar-refractivity contribution >= 4 is 15.9 Å². The standard InChI is InChI=1S/C14H23BrN2/c1-14(2,9-10-16)17(3)11-8-12-6-4-5-7-13(12)15/h4-7H,8-11,16H2,1-3H3. The average molecular weight is 299 g/mol. The molecule has 1 rings (SSSR count). The largest absolute Gasteiger partial charge is 0.330 e. The van der Waals surface area contributed by atoms with Crippen molar-refractivity contribution in [2.45, 2.75) is 32.2 Å². The highest BCUT2D eigenvalue weighted by atomic mass is 79.9. The van der Waals surface area contributed by atoms with Gasteiger partial charge in [-0.15, -0.1) is 0 Å². The molecule has 3 heteroatoms. The molecule has 0 unspecified atom stereocenters. The van der Waals surface area contributed by atoms with Crippen LogP contribution in [0.5, 0.6) is 0 Å². The van der Waals surface area contributed by atoms with E-state index >= 15 is 0 Å². The molecular formula is C14H23BrN2. The maximum atomic E-state index is 5.65. The molecule has 0 amide bonds. The fourth-order valence-electron chi connectivity index (χ4n) is 1.84. The van der Waals surface area contributed by atoms with Crippen molar-refractivity contribution in [3.8, 4) is 0 Å². The number of halogens is 1. The molecule has 96 valence electrons. The van der Waals surface area contributed by atoms with Crippen LogP contribution in [0.2, 0.25) is 0 Å². The van der Waals surface area contributed by atoms with E-state index in [1.165, 1.54) is 10.0 Å². The van der Waals surface area contributed by atoms with Gasteiger partial charge in [-0.3, -0.25) is 0 Å². The van der Waals surface area contributed by atoms with Gasteiger partial charge in [-0.25, -0.2) is 0 Å². The van der Waals surface area contributed by atoms with Gasteiger partial charge in [0.15, 0.2) is 0 Å². The first-order chi connectivity index (χ1) is 7.97. The zero-order chi connectivity index (χ0) is 12.9. The predicted molar refractivity (Wildman–Crippen MR) is 78.2 cm³/mol. The molecule has 0 bridgehead atoms. The van der Waals surface area contributed by atoms with Crippen LogP contribution in [0, 0.1) is 0 Å². The Labute approximate surface area is 113 Å². The average Bonchev–Trinajstić information content (AvgIpc) is 2.27. The molecule has 0 aliphatic rings. The van der Waals surface area contributed by atoms with Crippen molar-refractivity contribution in [1.29, 1.82) is 0 Å². The molecule has 0 saturated carbocycles. The van der Waals surface area contributed by atoms with Gasteiger partial charge in [-0.1, -0.05) is 34.1 Å². The van der Waals surface area contributed by atoms with E-state index in [0.29, 0.717) is 0 Å². The first-order valence-electron chi connectivity index (χ1n) is 6.12. The maximum Gasteiger partial charge on any atom is 0.0207 e. The second-order valence-corrected chi connectivity index (χ2v) is 5.97. The molecule has 0 spiro atoms. The predicted octanol–water partition coefficient (Wildman–Crippen LogP) is 3.05. The summed E-state index contributed by atoms with van der Waals surface area (Å²) in [5.41, 5.74) is 7.19. The Morgan fingerprint density at radius 1 is 1.29 bits per heavy atom. The lowest BCUT2D eigenvalue weighted by atomic mass is 9.98. The second kappa shape index (κ2) is 6.53. The minimum absolute atomic E-state index is 0.177. The number of benzene rings is 1. The number of nitrogens with two attached hydrogens (primary N) is 1. The summed E-state index contributed by atoms with van der Waals surface area (Å²) >= 11 is 3.59. The smallest absolute Gasteiger partial charge is 0.0207 e. The fourth-order valence-corrected chi connectivity index (χ4v) is 2.32. The van der Waals surface area contributed by atoms with E-state index in [-0.39, 0.29) is 5.54 Å². The minimum Gasteiger partial charge on any atom is -0.330 e. The van der Waals surface area contributed by atoms with Crippen molar-refractivity contribution < 1.29 is 0 Å². The summed E-state index contributed by atoms with van der Waals surface area (Å²) in [6, 6.07) is 8.41. The fraction of sp³-hybridized carbons (Fsp3) is 0.571. The van der Waals surface area contributed by atoms with E-state index in [1.54, 1.807) is 0 Å². The topological polar surface area (TPSA) is 29.3 Å². The van der Waals surface area contributed by atoms with Crippen molar-refractivity contribution in [2.75, 3.05) is 20.1 Å². The van der Waals surface area contributed by atoms with Gasteiger partial charge in [-0.2, -0.15) is 0 Å². The highest BCUT2D eigenvalue weighted by Crippen LogP contribution is 2.20. The van der Waals surface area contributed by atoms with Crippen LogP contribution in [0.4, 0.5) is 0 Å². The lowest BCUT2D eigenvalue weighted by Crippen LogP contribution is -2.43. The Balaban J connectivity index is 2.54. The third-order valence-corrected chi connectivity index (χ3v) is 4.24. The van der Waals surface area contributed by atoms with Gasteiger partial charge in [0.2, 0.25) is 0 Å². The molecule has 2 nitrogen and oxygen atoms in total. The monoisotopic (exact) mass is 298 g/mol. The quantitative estimate of drug-likeness (QED) is 0.875. The van der Waals surface area contributed by atoms with Crippen LogP contribution in [0.3, 0.4) is 0 Å². The summed E-state index contributed by atoms with van der Waals surface area (Å²) in [7, 11) is 2.17. The summed E-state index contributed by atoms with van der Waals surface area (Å²) in [5.74, 6) is 0. The minimum atomic E-state index is 0.177. The van der Waals surface area contributed by atoms with E-state index in [1.807, 2.05) is 0 Å². The molecule has 0 heterocycles. The highest BCUT2D eigenvalue weighted by molar-refractivity contribution is 9.10. The molecule has 1 aromatic carbocycles. The lowest BCUT2D eigenvalue weighted by molar-refractivity contribution is 0.150. The SMILES string of the molecule is CN(CCc1ccccc1Br)C(C)(C)CCN. The van der Waals surface area contributed by atoms with Gasteiger partial charge in [-0.05, 0) is 51.9 Å². The molecule has 0 aliphatic carbocycles. The van der Waals surface area contributed by atoms with E-state index in [4.69, 9.17) is 5.73 Å². The molecule has 0 radical (unpaired) electrons. The van der Waals surface area contributed by atoms with E-state index in [0.717, 1.165) is 25.9 Å². The Kier molecular flexibility index (Phi) is 5.63. The number of hydrogen-bond acceptors (Lipinski definition) is 2. The molecule has 2 N–H and O–H groups in total. The van der Waals surface area contributed by atoms with Crippen molar-refractivity contribution in [1.82, 2.24) is 4.90 Å². The summed E-state index contributed by atoms with van der Waals surface area (Å²) in [6.45, 7) is 6.29. The number of nitrogens with zero attached hydrogens (tertiary/aromatic N) is 1. The highest BCUT2D eigenvalue weighted by Gasteiger charge is 2.21. The van der Waals surface area contributed by atoms with Gasteiger partial charge < -0.3 is 10.6 Å². The third-order valence-electron chi connectivity index (χ3n) is 3.46. The van der Waals surface area contributed by atoms with Gasteiger partial charge in [0.1, 0.15) is 0 Å². The normalized spacial score (nSPS) is 12.1. The lowest BCUT2D eigenvalue weighted by Gasteiger charge is -2.35. The molecule has 0 fully saturated rings. The molecule has 0 aromatic heterocycles.